The zero-order chi connectivity index (χ0) is 16.7. The largest absolute Gasteiger partial charge is 0.416 e. The maximum atomic E-state index is 13.2. The summed E-state index contributed by atoms with van der Waals surface area (Å²) < 4.78 is 65.2. The summed E-state index contributed by atoms with van der Waals surface area (Å²) in [5, 5.41) is -0.227. The number of hydrogen-bond acceptors (Lipinski definition) is 0. The summed E-state index contributed by atoms with van der Waals surface area (Å²) in [5.41, 5.74) is -2.94. The molecule has 0 aliphatic heterocycles. The first-order chi connectivity index (χ1) is 10.1. The highest BCUT2D eigenvalue weighted by atomic mass is 35.5. The minimum absolute atomic E-state index is 0.0440. The Hall–Kier alpha value is -1.04. The molecule has 0 fully saturated rings. The van der Waals surface area contributed by atoms with Gasteiger partial charge >= 0.3 is 6.18 Å². The molecular formula is C14H6Cl3F5. The fourth-order valence-electron chi connectivity index (χ4n) is 2.02. The summed E-state index contributed by atoms with van der Waals surface area (Å²) in [6.07, 6.45) is -8.25. The molecule has 2 rings (SSSR count). The third-order valence-electron chi connectivity index (χ3n) is 2.96. The van der Waals surface area contributed by atoms with Gasteiger partial charge < -0.3 is 0 Å². The first-order valence-corrected chi connectivity index (χ1v) is 6.90. The lowest BCUT2D eigenvalue weighted by atomic mass is 9.95. The van der Waals surface area contributed by atoms with Crippen LogP contribution in [0.4, 0.5) is 22.0 Å². The molecule has 2 aromatic rings. The topological polar surface area (TPSA) is 0 Å². The molecule has 8 heteroatoms. The van der Waals surface area contributed by atoms with Gasteiger partial charge in [0.05, 0.1) is 20.6 Å². The molecule has 0 bridgehead atoms. The minimum atomic E-state index is -4.91. The number of hydrogen-bond donors (Lipinski definition) is 0. The zero-order valence-corrected chi connectivity index (χ0v) is 12.8. The van der Waals surface area contributed by atoms with E-state index in [1.54, 1.807) is 0 Å². The Kier molecular flexibility index (Phi) is 4.90. The molecule has 0 aliphatic carbocycles. The lowest BCUT2D eigenvalue weighted by molar-refractivity contribution is -0.139. The van der Waals surface area contributed by atoms with E-state index >= 15 is 0 Å². The fourth-order valence-corrected chi connectivity index (χ4v) is 2.65. The first-order valence-electron chi connectivity index (χ1n) is 5.76. The molecule has 0 atom stereocenters. The molecular weight excluding hydrogens is 370 g/mol. The Balaban J connectivity index is 2.80. The molecule has 0 spiro atoms. The molecule has 0 N–H and O–H groups in total. The Morgan fingerprint density at radius 2 is 1.45 bits per heavy atom. The van der Waals surface area contributed by atoms with Crippen molar-refractivity contribution in [1.29, 1.82) is 0 Å². The summed E-state index contributed by atoms with van der Waals surface area (Å²) in [6, 6.07) is 5.28. The van der Waals surface area contributed by atoms with Crippen LogP contribution >= 0.6 is 34.8 Å². The van der Waals surface area contributed by atoms with Crippen molar-refractivity contribution in [2.24, 2.45) is 0 Å². The molecule has 0 aliphatic rings. The lowest BCUT2D eigenvalue weighted by Crippen LogP contribution is -2.10. The van der Waals surface area contributed by atoms with Gasteiger partial charge in [0, 0.05) is 11.1 Å². The van der Waals surface area contributed by atoms with Gasteiger partial charge in [0.1, 0.15) is 0 Å². The van der Waals surface area contributed by atoms with Gasteiger partial charge in [-0.1, -0.05) is 53.0 Å². The second-order valence-corrected chi connectivity index (χ2v) is 5.45. The number of rotatable bonds is 2. The summed E-state index contributed by atoms with van der Waals surface area (Å²) in [4.78, 5) is 0. The minimum Gasteiger partial charge on any atom is -0.205 e. The van der Waals surface area contributed by atoms with E-state index in [2.05, 4.69) is 0 Å². The van der Waals surface area contributed by atoms with Gasteiger partial charge in [0.2, 0.25) is 0 Å². The van der Waals surface area contributed by atoms with E-state index in [1.807, 2.05) is 0 Å². The monoisotopic (exact) mass is 374 g/mol. The standard InChI is InChI=1S/C14H6Cl3F5/c15-9-5-4-7(11(16)12(9)17)6-2-1-3-8(14(20,21)22)10(6)13(18)19/h1-5,13H. The van der Waals surface area contributed by atoms with Gasteiger partial charge in [-0.25, -0.2) is 8.78 Å². The molecule has 0 amide bonds. The molecule has 0 nitrogen and oxygen atoms in total. The van der Waals surface area contributed by atoms with Crippen molar-refractivity contribution in [3.63, 3.8) is 0 Å². The van der Waals surface area contributed by atoms with E-state index in [-0.39, 0.29) is 26.2 Å². The predicted molar refractivity (Wildman–Crippen MR) is 76.9 cm³/mol. The lowest BCUT2D eigenvalue weighted by Gasteiger charge is -2.17. The van der Waals surface area contributed by atoms with Gasteiger partial charge in [-0.05, 0) is 17.7 Å². The molecule has 0 saturated heterocycles. The van der Waals surface area contributed by atoms with Crippen molar-refractivity contribution in [1.82, 2.24) is 0 Å². The van der Waals surface area contributed by atoms with E-state index in [4.69, 9.17) is 34.8 Å². The Morgan fingerprint density at radius 3 is 2.00 bits per heavy atom. The molecule has 0 heterocycles. The van der Waals surface area contributed by atoms with Gasteiger partial charge in [0.15, 0.2) is 0 Å². The highest BCUT2D eigenvalue weighted by Crippen LogP contribution is 2.45. The van der Waals surface area contributed by atoms with Crippen molar-refractivity contribution in [3.8, 4) is 11.1 Å². The third kappa shape index (κ3) is 3.16. The van der Waals surface area contributed by atoms with Gasteiger partial charge in [-0.3, -0.25) is 0 Å². The third-order valence-corrected chi connectivity index (χ3v) is 4.25. The summed E-state index contributed by atoms with van der Waals surface area (Å²) in [6.45, 7) is 0. The average Bonchev–Trinajstić information content (AvgIpc) is 2.43. The predicted octanol–water partition coefficient (Wildman–Crippen LogP) is 7.27. The Morgan fingerprint density at radius 1 is 0.818 bits per heavy atom. The van der Waals surface area contributed by atoms with Crippen molar-refractivity contribution in [2.75, 3.05) is 0 Å². The number of benzene rings is 2. The van der Waals surface area contributed by atoms with E-state index in [0.29, 0.717) is 6.07 Å². The van der Waals surface area contributed by atoms with Gasteiger partial charge in [0.25, 0.3) is 6.43 Å². The second-order valence-electron chi connectivity index (χ2n) is 4.29. The van der Waals surface area contributed by atoms with E-state index < -0.39 is 23.7 Å². The molecule has 118 valence electrons. The van der Waals surface area contributed by atoms with Crippen molar-refractivity contribution in [3.05, 3.63) is 56.5 Å². The highest BCUT2D eigenvalue weighted by molar-refractivity contribution is 6.49. The molecule has 0 saturated carbocycles. The molecule has 0 unspecified atom stereocenters. The maximum absolute atomic E-state index is 13.2. The maximum Gasteiger partial charge on any atom is 0.416 e. The molecule has 2 aromatic carbocycles. The van der Waals surface area contributed by atoms with Crippen LogP contribution in [0, 0.1) is 0 Å². The van der Waals surface area contributed by atoms with Crippen LogP contribution in [0.25, 0.3) is 11.1 Å². The van der Waals surface area contributed by atoms with Crippen LogP contribution in [0.1, 0.15) is 17.6 Å². The zero-order valence-electron chi connectivity index (χ0n) is 10.5. The second kappa shape index (κ2) is 6.22. The quantitative estimate of drug-likeness (QED) is 0.382. The van der Waals surface area contributed by atoms with Crippen LogP contribution in [0.15, 0.2) is 30.3 Å². The fraction of sp³-hybridized carbons (Fsp3) is 0.143. The average molecular weight is 376 g/mol. The van der Waals surface area contributed by atoms with E-state index in [1.165, 1.54) is 12.1 Å². The van der Waals surface area contributed by atoms with Gasteiger partial charge in [-0.15, -0.1) is 0 Å². The summed E-state index contributed by atoms with van der Waals surface area (Å²) in [5.74, 6) is 0. The SMILES string of the molecule is FC(F)c1c(-c2ccc(Cl)c(Cl)c2Cl)cccc1C(F)(F)F. The summed E-state index contributed by atoms with van der Waals surface area (Å²) >= 11 is 17.5. The van der Waals surface area contributed by atoms with Crippen LogP contribution in [0.5, 0.6) is 0 Å². The first kappa shape index (κ1) is 17.3. The molecule has 22 heavy (non-hydrogen) atoms. The Bertz CT molecular complexity index is 710. The van der Waals surface area contributed by atoms with Crippen molar-refractivity contribution >= 4 is 34.8 Å². The molecule has 0 aromatic heterocycles. The van der Waals surface area contributed by atoms with Crippen LogP contribution < -0.4 is 0 Å². The number of halogens is 8. The normalized spacial score (nSPS) is 12.0. The highest BCUT2D eigenvalue weighted by Gasteiger charge is 2.37. The van der Waals surface area contributed by atoms with E-state index in [9.17, 15) is 22.0 Å². The van der Waals surface area contributed by atoms with Crippen molar-refractivity contribution < 1.29 is 22.0 Å². The van der Waals surface area contributed by atoms with Gasteiger partial charge in [-0.2, -0.15) is 13.2 Å². The summed E-state index contributed by atoms with van der Waals surface area (Å²) in [7, 11) is 0. The van der Waals surface area contributed by atoms with Crippen LogP contribution in [-0.2, 0) is 6.18 Å². The Labute approximate surface area is 137 Å². The van der Waals surface area contributed by atoms with Crippen LogP contribution in [-0.4, -0.2) is 0 Å². The molecule has 0 radical (unpaired) electrons. The number of alkyl halides is 5. The van der Waals surface area contributed by atoms with Crippen LogP contribution in [0.3, 0.4) is 0 Å². The van der Waals surface area contributed by atoms with Crippen LogP contribution in [0.2, 0.25) is 15.1 Å². The van der Waals surface area contributed by atoms with Crippen molar-refractivity contribution in [2.45, 2.75) is 12.6 Å². The van der Waals surface area contributed by atoms with E-state index in [0.717, 1.165) is 12.1 Å². The smallest absolute Gasteiger partial charge is 0.205 e.